The monoisotopic (exact) mass is 735 g/mol. The number of hydrogen-bond donors (Lipinski definition) is 1. The third kappa shape index (κ3) is 8.73. The quantitative estimate of drug-likeness (QED) is 0.289. The topological polar surface area (TPSA) is 132 Å². The Bertz CT molecular complexity index is 1930. The smallest absolute Gasteiger partial charge is 0.286 e. The van der Waals surface area contributed by atoms with Crippen LogP contribution in [0.5, 0.6) is 11.6 Å². The van der Waals surface area contributed by atoms with Crippen LogP contribution in [0, 0.1) is 24.7 Å². The maximum atomic E-state index is 14.6. The number of amides is 2. The first kappa shape index (κ1) is 36.8. The van der Waals surface area contributed by atoms with Crippen molar-refractivity contribution in [3.05, 3.63) is 87.6 Å². The molecule has 3 heterocycles. The minimum absolute atomic E-state index is 0.0235. The van der Waals surface area contributed by atoms with Gasteiger partial charge in [-0.1, -0.05) is 36.7 Å². The Labute approximate surface area is 305 Å². The highest BCUT2D eigenvalue weighted by molar-refractivity contribution is 7.92. The molecule has 3 aromatic rings. The van der Waals surface area contributed by atoms with Gasteiger partial charge in [0.15, 0.2) is 0 Å². The fourth-order valence-corrected chi connectivity index (χ4v) is 9.24. The number of aromatic nitrogens is 2. The van der Waals surface area contributed by atoms with Crippen molar-refractivity contribution in [2.45, 2.75) is 65.0 Å². The van der Waals surface area contributed by atoms with E-state index in [1.807, 2.05) is 19.1 Å². The minimum atomic E-state index is -3.63. The fourth-order valence-electron chi connectivity index (χ4n) is 7.17. The third-order valence-electron chi connectivity index (χ3n) is 9.98. The number of hydrogen-bond acceptors (Lipinski definition) is 9. The van der Waals surface area contributed by atoms with Gasteiger partial charge in [-0.25, -0.2) is 4.21 Å². The number of allylic oxidation sites excluding steroid dienone is 1. The van der Waals surface area contributed by atoms with E-state index in [-0.39, 0.29) is 34.8 Å². The van der Waals surface area contributed by atoms with Gasteiger partial charge in [0.25, 0.3) is 11.8 Å². The van der Waals surface area contributed by atoms with E-state index in [9.17, 15) is 13.8 Å². The number of methoxy groups -OCH3 is 2. The van der Waals surface area contributed by atoms with E-state index in [4.69, 9.17) is 25.8 Å². The Morgan fingerprint density at radius 3 is 2.69 bits per heavy atom. The van der Waals surface area contributed by atoms with Crippen molar-refractivity contribution >= 4 is 39.0 Å². The number of rotatable bonds is 4. The van der Waals surface area contributed by atoms with Crippen LogP contribution < -0.4 is 19.1 Å². The van der Waals surface area contributed by atoms with E-state index in [0.29, 0.717) is 47.9 Å². The zero-order valence-corrected chi connectivity index (χ0v) is 31.2. The van der Waals surface area contributed by atoms with Crippen molar-refractivity contribution in [1.82, 2.24) is 14.9 Å². The molecule has 2 aromatic carbocycles. The lowest BCUT2D eigenvalue weighted by Crippen LogP contribution is -2.43. The molecule has 2 bridgehead atoms. The summed E-state index contributed by atoms with van der Waals surface area (Å²) in [6, 6.07) is 12.8. The van der Waals surface area contributed by atoms with E-state index in [1.165, 1.54) is 18.7 Å². The van der Waals surface area contributed by atoms with Gasteiger partial charge in [-0.15, -0.1) is 9.46 Å². The summed E-state index contributed by atoms with van der Waals surface area (Å²) in [7, 11) is -0.522. The molecule has 5 atom stereocenters. The van der Waals surface area contributed by atoms with Gasteiger partial charge in [0.1, 0.15) is 21.2 Å². The molecule has 1 unspecified atom stereocenters. The number of ether oxygens (including phenoxy) is 3. The van der Waals surface area contributed by atoms with E-state index in [0.717, 1.165) is 49.9 Å². The molecule has 3 aliphatic rings. The van der Waals surface area contributed by atoms with Gasteiger partial charge in [-0.05, 0) is 111 Å². The van der Waals surface area contributed by atoms with Gasteiger partial charge >= 0.3 is 0 Å². The maximum absolute atomic E-state index is 14.6. The maximum Gasteiger partial charge on any atom is 0.286 e. The summed E-state index contributed by atoms with van der Waals surface area (Å²) < 4.78 is 39.1. The number of halogens is 1. The number of aryl methyl sites for hydroxylation is 2. The van der Waals surface area contributed by atoms with Gasteiger partial charge < -0.3 is 19.1 Å². The van der Waals surface area contributed by atoms with Crippen LogP contribution in [0.1, 0.15) is 76.6 Å². The molecule has 0 radical (unpaired) electrons. The van der Waals surface area contributed by atoms with Crippen LogP contribution in [0.15, 0.2) is 59.0 Å². The SMILES string of the molecule is COc1nnc(C)cc1C(=O)NS1(=O)=NC(=O)c2ccc3c(c2)N(Cc2ccc(Cl)cc2CCCCO3)C[C@@H]2CC[C@H]2[C@@H](OC)/C=C/C[C@H](C)C1. The van der Waals surface area contributed by atoms with Crippen molar-refractivity contribution in [3.8, 4) is 11.6 Å². The average Bonchev–Trinajstić information content (AvgIpc) is 3.11. The summed E-state index contributed by atoms with van der Waals surface area (Å²) in [5.41, 5.74) is 3.89. The first-order chi connectivity index (χ1) is 24.6. The second kappa shape index (κ2) is 16.1. The normalized spacial score (nSPS) is 26.1. The van der Waals surface area contributed by atoms with E-state index >= 15 is 0 Å². The highest BCUT2D eigenvalue weighted by Crippen LogP contribution is 2.42. The molecule has 11 nitrogen and oxygen atoms in total. The first-order valence-corrected chi connectivity index (χ1v) is 19.6. The number of carbonyl (C=O) groups excluding carboxylic acids is 2. The number of carbonyl (C=O) groups is 2. The number of fused-ring (bicyclic) bond motifs is 3. The van der Waals surface area contributed by atoms with Crippen molar-refractivity contribution in [3.63, 3.8) is 0 Å². The predicted octanol–water partition coefficient (Wildman–Crippen LogP) is 6.76. The molecule has 6 rings (SSSR count). The molecular weight excluding hydrogens is 690 g/mol. The summed E-state index contributed by atoms with van der Waals surface area (Å²) in [4.78, 5) is 29.9. The average molecular weight is 736 g/mol. The predicted molar refractivity (Wildman–Crippen MR) is 198 cm³/mol. The van der Waals surface area contributed by atoms with E-state index in [2.05, 4.69) is 42.4 Å². The molecule has 272 valence electrons. The molecule has 2 amide bonds. The van der Waals surface area contributed by atoms with Crippen LogP contribution in [-0.4, -0.2) is 65.4 Å². The Morgan fingerprint density at radius 2 is 1.92 bits per heavy atom. The highest BCUT2D eigenvalue weighted by Gasteiger charge is 2.38. The van der Waals surface area contributed by atoms with Gasteiger partial charge in [0.2, 0.25) is 5.88 Å². The molecular formula is C38H46ClN5O6S. The molecule has 1 fully saturated rings. The lowest BCUT2D eigenvalue weighted by Gasteiger charge is -2.43. The Hall–Kier alpha value is -4.00. The molecule has 51 heavy (non-hydrogen) atoms. The van der Waals surface area contributed by atoms with E-state index in [1.54, 1.807) is 32.2 Å². The number of nitrogens with zero attached hydrogens (tertiary/aromatic N) is 4. The van der Waals surface area contributed by atoms with Crippen LogP contribution in [-0.2, 0) is 27.6 Å². The molecule has 13 heteroatoms. The Morgan fingerprint density at radius 1 is 1.08 bits per heavy atom. The lowest BCUT2D eigenvalue weighted by molar-refractivity contribution is 0.0133. The van der Waals surface area contributed by atoms with Crippen LogP contribution in [0.25, 0.3) is 0 Å². The van der Waals surface area contributed by atoms with Crippen LogP contribution in [0.4, 0.5) is 5.69 Å². The molecule has 1 N–H and O–H groups in total. The van der Waals surface area contributed by atoms with Gasteiger partial charge in [-0.3, -0.25) is 14.3 Å². The minimum Gasteiger partial charge on any atom is -0.491 e. The zero-order valence-electron chi connectivity index (χ0n) is 29.6. The summed E-state index contributed by atoms with van der Waals surface area (Å²) in [6.07, 6.45) is 9.38. The van der Waals surface area contributed by atoms with Crippen LogP contribution >= 0.6 is 11.6 Å². The van der Waals surface area contributed by atoms with Crippen molar-refractivity contribution in [2.75, 3.05) is 38.0 Å². The van der Waals surface area contributed by atoms with Crippen LogP contribution in [0.3, 0.4) is 0 Å². The summed E-state index contributed by atoms with van der Waals surface area (Å²) in [5.74, 6) is -0.383. The van der Waals surface area contributed by atoms with E-state index < -0.39 is 21.7 Å². The van der Waals surface area contributed by atoms with Gasteiger partial charge in [0, 0.05) is 30.8 Å². The standard InChI is InChI=1S/C38H46ClN5O6S/c1-24-8-7-10-34(48-3)31-15-12-29(31)22-44-21-28-11-14-30(39)19-26(28)9-5-6-17-50-35-16-13-27(20-33(35)44)36(45)42-51(47,23-24)43-37(46)32-18-25(2)40-41-38(32)49-4/h7,10-11,13-14,16,18-20,24,29,31,34H,5-6,8-9,12,15,17,21-23H2,1-4H3,(H,42,43,45,46,47)/b10-7+/t24-,29-,31+,34-,51?/m0/s1. The van der Waals surface area contributed by atoms with Crippen molar-refractivity contribution in [2.24, 2.45) is 22.1 Å². The number of benzene rings is 2. The highest BCUT2D eigenvalue weighted by atomic mass is 35.5. The molecule has 1 aromatic heterocycles. The largest absolute Gasteiger partial charge is 0.491 e. The molecule has 0 saturated heterocycles. The number of nitrogens with one attached hydrogen (secondary N) is 1. The van der Waals surface area contributed by atoms with Crippen LogP contribution in [0.2, 0.25) is 5.02 Å². The summed E-state index contributed by atoms with van der Waals surface area (Å²) >= 11 is 6.46. The molecule has 2 aliphatic heterocycles. The summed E-state index contributed by atoms with van der Waals surface area (Å²) in [6.45, 7) is 5.42. The lowest BCUT2D eigenvalue weighted by atomic mass is 9.70. The summed E-state index contributed by atoms with van der Waals surface area (Å²) in [5, 5.41) is 8.60. The molecule has 0 spiro atoms. The van der Waals surface area contributed by atoms with Crippen molar-refractivity contribution in [1.29, 1.82) is 0 Å². The molecule has 1 aliphatic carbocycles. The van der Waals surface area contributed by atoms with Gasteiger partial charge in [-0.2, -0.15) is 5.10 Å². The zero-order chi connectivity index (χ0) is 36.1. The van der Waals surface area contributed by atoms with Crippen molar-refractivity contribution < 1.29 is 28.0 Å². The van der Waals surface area contributed by atoms with Gasteiger partial charge in [0.05, 0.1) is 37.0 Å². The Balaban J connectivity index is 1.46. The molecule has 1 saturated carbocycles. The second-order valence-corrected chi connectivity index (χ2v) is 16.2. The number of anilines is 1. The second-order valence-electron chi connectivity index (χ2n) is 13.8. The third-order valence-corrected chi connectivity index (χ3v) is 12.2. The first-order valence-electron chi connectivity index (χ1n) is 17.5. The Kier molecular flexibility index (Phi) is 11.6. The fraction of sp³-hybridized carbons (Fsp3) is 0.474.